The second-order valence-corrected chi connectivity index (χ2v) is 4.08. The van der Waals surface area contributed by atoms with E-state index in [1.54, 1.807) is 6.07 Å². The van der Waals surface area contributed by atoms with Gasteiger partial charge in [0.2, 0.25) is 0 Å². The molecule has 16 heavy (non-hydrogen) atoms. The first-order chi connectivity index (χ1) is 7.63. The third kappa shape index (κ3) is 1.69. The summed E-state index contributed by atoms with van der Waals surface area (Å²) in [5.74, 6) is -0.293. The smallest absolute Gasteiger partial charge is 0.337 e. The Labute approximate surface area is 94.6 Å². The van der Waals surface area contributed by atoms with Crippen LogP contribution in [0.15, 0.2) is 30.5 Å². The number of fused-ring (bicyclic) bond motifs is 1. The molecule has 3 heteroatoms. The normalized spacial score (nSPS) is 11.0. The number of hydrogen-bond donors (Lipinski definition) is 0. The number of carbonyl (C=O) groups is 1. The second kappa shape index (κ2) is 4.00. The lowest BCUT2D eigenvalue weighted by Gasteiger charge is -2.09. The Hall–Kier alpha value is -1.77. The molecule has 1 heterocycles. The van der Waals surface area contributed by atoms with Crippen molar-refractivity contribution in [1.29, 1.82) is 0 Å². The summed E-state index contributed by atoms with van der Waals surface area (Å²) in [5.41, 5.74) is 1.66. The summed E-state index contributed by atoms with van der Waals surface area (Å²) in [6.45, 7) is 4.23. The largest absolute Gasteiger partial charge is 0.465 e. The molecule has 84 valence electrons. The van der Waals surface area contributed by atoms with Gasteiger partial charge in [-0.05, 0) is 37.4 Å². The Bertz CT molecular complexity index is 526. The van der Waals surface area contributed by atoms with Crippen LogP contribution in [-0.2, 0) is 4.74 Å². The van der Waals surface area contributed by atoms with E-state index in [4.69, 9.17) is 4.74 Å². The Kier molecular flexibility index (Phi) is 2.69. The topological polar surface area (TPSA) is 31.2 Å². The number of methoxy groups -OCH3 is 1. The van der Waals surface area contributed by atoms with Crippen molar-refractivity contribution >= 4 is 16.9 Å². The van der Waals surface area contributed by atoms with Crippen molar-refractivity contribution in [2.45, 2.75) is 19.9 Å². The van der Waals surface area contributed by atoms with Crippen LogP contribution in [-0.4, -0.2) is 17.6 Å². The fourth-order valence-electron chi connectivity index (χ4n) is 1.84. The van der Waals surface area contributed by atoms with Crippen LogP contribution in [0, 0.1) is 0 Å². The quantitative estimate of drug-likeness (QED) is 0.724. The van der Waals surface area contributed by atoms with Crippen molar-refractivity contribution in [3.05, 3.63) is 36.0 Å². The van der Waals surface area contributed by atoms with Crippen LogP contribution in [0.3, 0.4) is 0 Å². The molecule has 0 saturated heterocycles. The van der Waals surface area contributed by atoms with Crippen molar-refractivity contribution in [3.63, 3.8) is 0 Å². The number of benzene rings is 1. The van der Waals surface area contributed by atoms with E-state index in [2.05, 4.69) is 24.5 Å². The number of esters is 1. The lowest BCUT2D eigenvalue weighted by atomic mass is 10.1. The summed E-state index contributed by atoms with van der Waals surface area (Å²) in [6, 6.07) is 8.04. The first kappa shape index (κ1) is 10.7. The summed E-state index contributed by atoms with van der Waals surface area (Å²) < 4.78 is 6.85. The minimum atomic E-state index is -0.293. The minimum absolute atomic E-state index is 0.293. The van der Waals surface area contributed by atoms with E-state index in [0.717, 1.165) is 10.9 Å². The van der Waals surface area contributed by atoms with E-state index in [0.29, 0.717) is 11.6 Å². The molecule has 0 radical (unpaired) electrons. The van der Waals surface area contributed by atoms with E-state index >= 15 is 0 Å². The molecule has 0 spiro atoms. The molecular formula is C13H15NO2. The predicted octanol–water partition coefficient (Wildman–Crippen LogP) is 3.01. The molecule has 1 aromatic carbocycles. The Morgan fingerprint density at radius 3 is 2.69 bits per heavy atom. The zero-order valence-electron chi connectivity index (χ0n) is 9.73. The van der Waals surface area contributed by atoms with E-state index in [1.165, 1.54) is 7.11 Å². The standard InChI is InChI=1S/C13H15NO2/c1-9(2)14-7-6-10-4-5-11(8-12(10)14)13(15)16-3/h4-9H,1-3H3. The molecule has 0 unspecified atom stereocenters. The maximum absolute atomic E-state index is 11.4. The summed E-state index contributed by atoms with van der Waals surface area (Å²) in [7, 11) is 1.40. The van der Waals surface area contributed by atoms with E-state index < -0.39 is 0 Å². The van der Waals surface area contributed by atoms with Crippen LogP contribution in [0.25, 0.3) is 10.9 Å². The zero-order valence-corrected chi connectivity index (χ0v) is 9.73. The molecule has 0 aliphatic heterocycles. The fourth-order valence-corrected chi connectivity index (χ4v) is 1.84. The van der Waals surface area contributed by atoms with Gasteiger partial charge in [-0.3, -0.25) is 0 Å². The highest BCUT2D eigenvalue weighted by molar-refractivity contribution is 5.94. The van der Waals surface area contributed by atoms with Crippen LogP contribution in [0.1, 0.15) is 30.2 Å². The van der Waals surface area contributed by atoms with E-state index in [9.17, 15) is 4.79 Å². The SMILES string of the molecule is COC(=O)c1ccc2ccn(C(C)C)c2c1. The summed E-state index contributed by atoms with van der Waals surface area (Å²) in [6.07, 6.45) is 2.04. The number of ether oxygens (including phenoxy) is 1. The highest BCUT2D eigenvalue weighted by Gasteiger charge is 2.09. The van der Waals surface area contributed by atoms with Crippen molar-refractivity contribution in [2.75, 3.05) is 7.11 Å². The Balaban J connectivity index is 2.58. The molecule has 0 atom stereocenters. The van der Waals surface area contributed by atoms with Crippen LogP contribution in [0.4, 0.5) is 0 Å². The van der Waals surface area contributed by atoms with Gasteiger partial charge in [0.1, 0.15) is 0 Å². The van der Waals surface area contributed by atoms with Gasteiger partial charge in [-0.1, -0.05) is 6.07 Å². The monoisotopic (exact) mass is 217 g/mol. The van der Waals surface area contributed by atoms with E-state index in [-0.39, 0.29) is 5.97 Å². The molecule has 2 aromatic rings. The minimum Gasteiger partial charge on any atom is -0.465 e. The first-order valence-electron chi connectivity index (χ1n) is 5.32. The zero-order chi connectivity index (χ0) is 11.7. The van der Waals surface area contributed by atoms with Gasteiger partial charge in [-0.15, -0.1) is 0 Å². The number of nitrogens with zero attached hydrogens (tertiary/aromatic N) is 1. The second-order valence-electron chi connectivity index (χ2n) is 4.08. The molecule has 0 saturated carbocycles. The molecule has 0 aliphatic carbocycles. The molecule has 3 nitrogen and oxygen atoms in total. The van der Waals surface area contributed by atoms with Gasteiger partial charge in [-0.2, -0.15) is 0 Å². The van der Waals surface area contributed by atoms with Gasteiger partial charge in [0.25, 0.3) is 0 Å². The highest BCUT2D eigenvalue weighted by atomic mass is 16.5. The predicted molar refractivity (Wildman–Crippen MR) is 63.7 cm³/mol. The number of rotatable bonds is 2. The average molecular weight is 217 g/mol. The van der Waals surface area contributed by atoms with Crippen LogP contribution in [0.2, 0.25) is 0 Å². The molecule has 0 N–H and O–H groups in total. The van der Waals surface area contributed by atoms with Crippen molar-refractivity contribution in [3.8, 4) is 0 Å². The van der Waals surface area contributed by atoms with Gasteiger partial charge in [0.05, 0.1) is 12.7 Å². The van der Waals surface area contributed by atoms with Gasteiger partial charge in [0, 0.05) is 17.8 Å². The lowest BCUT2D eigenvalue weighted by molar-refractivity contribution is 0.0601. The highest BCUT2D eigenvalue weighted by Crippen LogP contribution is 2.21. The van der Waals surface area contributed by atoms with Gasteiger partial charge >= 0.3 is 5.97 Å². The molecule has 0 amide bonds. The average Bonchev–Trinajstić information content (AvgIpc) is 2.70. The van der Waals surface area contributed by atoms with Gasteiger partial charge < -0.3 is 9.30 Å². The maximum Gasteiger partial charge on any atom is 0.337 e. The maximum atomic E-state index is 11.4. The molecule has 0 bridgehead atoms. The van der Waals surface area contributed by atoms with Crippen LogP contribution >= 0.6 is 0 Å². The Morgan fingerprint density at radius 2 is 2.06 bits per heavy atom. The first-order valence-corrected chi connectivity index (χ1v) is 5.32. The van der Waals surface area contributed by atoms with Crippen LogP contribution < -0.4 is 0 Å². The fraction of sp³-hybridized carbons (Fsp3) is 0.308. The number of carbonyl (C=O) groups excluding carboxylic acids is 1. The molecule has 0 aliphatic rings. The summed E-state index contributed by atoms with van der Waals surface area (Å²) >= 11 is 0. The molecule has 0 fully saturated rings. The van der Waals surface area contributed by atoms with Crippen LogP contribution in [0.5, 0.6) is 0 Å². The van der Waals surface area contributed by atoms with E-state index in [1.807, 2.05) is 18.3 Å². The third-order valence-electron chi connectivity index (χ3n) is 2.70. The molecular weight excluding hydrogens is 202 g/mol. The number of aromatic nitrogens is 1. The molecule has 2 rings (SSSR count). The third-order valence-corrected chi connectivity index (χ3v) is 2.70. The molecule has 1 aromatic heterocycles. The van der Waals surface area contributed by atoms with Crippen molar-refractivity contribution in [2.24, 2.45) is 0 Å². The van der Waals surface area contributed by atoms with Gasteiger partial charge in [0.15, 0.2) is 0 Å². The van der Waals surface area contributed by atoms with Gasteiger partial charge in [-0.25, -0.2) is 4.79 Å². The summed E-state index contributed by atoms with van der Waals surface area (Å²) in [4.78, 5) is 11.4. The summed E-state index contributed by atoms with van der Waals surface area (Å²) in [5, 5.41) is 1.14. The Morgan fingerprint density at radius 1 is 1.31 bits per heavy atom. The van der Waals surface area contributed by atoms with Crippen molar-refractivity contribution < 1.29 is 9.53 Å². The van der Waals surface area contributed by atoms with Crippen molar-refractivity contribution in [1.82, 2.24) is 4.57 Å². The number of hydrogen-bond acceptors (Lipinski definition) is 2. The lowest BCUT2D eigenvalue weighted by Crippen LogP contribution is -2.02.